The molecule has 17 heavy (non-hydrogen) atoms. The van der Waals surface area contributed by atoms with E-state index in [1.54, 1.807) is 0 Å². The molecule has 1 rings (SSSR count). The molecular weight excluding hydrogens is 212 g/mol. The molecule has 0 aromatic carbocycles. The Morgan fingerprint density at radius 1 is 1.41 bits per heavy atom. The topological polar surface area (TPSA) is 37.2 Å². The number of hydrogen-bond acceptors (Lipinski definition) is 2. The summed E-state index contributed by atoms with van der Waals surface area (Å²) in [5.41, 5.74) is 1.17. The average Bonchev–Trinajstić information content (AvgIpc) is 2.63. The lowest BCUT2D eigenvalue weighted by molar-refractivity contribution is 0.0134. The van der Waals surface area contributed by atoms with Crippen LogP contribution in [0.5, 0.6) is 0 Å². The lowest BCUT2D eigenvalue weighted by Gasteiger charge is -2.33. The second kappa shape index (κ2) is 5.69. The van der Waals surface area contributed by atoms with Gasteiger partial charge in [-0.1, -0.05) is 27.7 Å². The van der Waals surface area contributed by atoms with Crippen molar-refractivity contribution in [3.05, 3.63) is 24.0 Å². The normalized spacial score (nSPS) is 14.3. The van der Waals surface area contributed by atoms with Crippen LogP contribution in [0.3, 0.4) is 0 Å². The zero-order valence-electron chi connectivity index (χ0n) is 11.7. The predicted octanol–water partition coefficient (Wildman–Crippen LogP) is 2.16. The van der Waals surface area contributed by atoms with Crippen LogP contribution in [-0.4, -0.2) is 22.3 Å². The molecule has 0 spiro atoms. The lowest BCUT2D eigenvalue weighted by atomic mass is 9.81. The summed E-state index contributed by atoms with van der Waals surface area (Å²) in [5, 5.41) is 13.5. The summed E-state index contributed by atoms with van der Waals surface area (Å²) in [6, 6.07) is 4.16. The van der Waals surface area contributed by atoms with Gasteiger partial charge in [0.2, 0.25) is 0 Å². The van der Waals surface area contributed by atoms with E-state index in [1.165, 1.54) is 5.69 Å². The van der Waals surface area contributed by atoms with Crippen molar-refractivity contribution in [2.75, 3.05) is 6.54 Å². The third kappa shape index (κ3) is 3.86. The van der Waals surface area contributed by atoms with Gasteiger partial charge in [-0.25, -0.2) is 0 Å². The van der Waals surface area contributed by atoms with Crippen molar-refractivity contribution in [2.45, 2.75) is 40.3 Å². The fourth-order valence-electron chi connectivity index (χ4n) is 2.20. The molecule has 0 amide bonds. The second-order valence-electron chi connectivity index (χ2n) is 5.89. The zero-order valence-corrected chi connectivity index (χ0v) is 11.7. The molecule has 1 aromatic heterocycles. The molecule has 0 aliphatic heterocycles. The smallest absolute Gasteiger partial charge is 0.0626 e. The van der Waals surface area contributed by atoms with Crippen LogP contribution in [0.2, 0.25) is 0 Å². The lowest BCUT2D eigenvalue weighted by Crippen LogP contribution is -2.41. The minimum atomic E-state index is -0.275. The summed E-state index contributed by atoms with van der Waals surface area (Å²) >= 11 is 0. The van der Waals surface area contributed by atoms with Gasteiger partial charge in [0.1, 0.15) is 0 Å². The van der Waals surface area contributed by atoms with Crippen LogP contribution in [-0.2, 0) is 13.6 Å². The first-order valence-electron chi connectivity index (χ1n) is 6.33. The highest BCUT2D eigenvalue weighted by Gasteiger charge is 2.29. The quantitative estimate of drug-likeness (QED) is 0.797. The van der Waals surface area contributed by atoms with Crippen LogP contribution in [0.1, 0.15) is 33.4 Å². The molecule has 3 nitrogen and oxygen atoms in total. The maximum Gasteiger partial charge on any atom is 0.0626 e. The van der Waals surface area contributed by atoms with Gasteiger partial charge in [-0.2, -0.15) is 0 Å². The average molecular weight is 238 g/mol. The molecule has 1 heterocycles. The Morgan fingerprint density at radius 3 is 2.53 bits per heavy atom. The van der Waals surface area contributed by atoms with Gasteiger partial charge in [-0.05, 0) is 18.1 Å². The van der Waals surface area contributed by atoms with Crippen LogP contribution in [0, 0.1) is 11.3 Å². The fourth-order valence-corrected chi connectivity index (χ4v) is 2.20. The van der Waals surface area contributed by atoms with E-state index in [9.17, 15) is 5.11 Å². The number of nitrogens with one attached hydrogen (secondary N) is 1. The van der Waals surface area contributed by atoms with Crippen molar-refractivity contribution in [2.24, 2.45) is 18.4 Å². The van der Waals surface area contributed by atoms with Crippen molar-refractivity contribution in [1.29, 1.82) is 0 Å². The number of aromatic nitrogens is 1. The molecule has 0 aliphatic carbocycles. The molecule has 1 unspecified atom stereocenters. The number of rotatable bonds is 6. The summed E-state index contributed by atoms with van der Waals surface area (Å²) in [7, 11) is 2.05. The van der Waals surface area contributed by atoms with Gasteiger partial charge in [-0.15, -0.1) is 0 Å². The first-order chi connectivity index (χ1) is 7.84. The third-order valence-corrected chi connectivity index (χ3v) is 3.37. The molecule has 0 fully saturated rings. The standard InChI is InChI=1S/C14H26N2O/c1-11(2)13(17)14(3,4)10-15-9-12-7-6-8-16(12)5/h6-8,11,13,15,17H,9-10H2,1-5H3. The number of nitrogens with zero attached hydrogens (tertiary/aromatic N) is 1. The van der Waals surface area contributed by atoms with E-state index in [4.69, 9.17) is 0 Å². The van der Waals surface area contributed by atoms with Crippen molar-refractivity contribution in [3.63, 3.8) is 0 Å². The summed E-state index contributed by atoms with van der Waals surface area (Å²) in [6.07, 6.45) is 1.77. The van der Waals surface area contributed by atoms with Gasteiger partial charge < -0.3 is 15.0 Å². The van der Waals surface area contributed by atoms with E-state index in [2.05, 4.69) is 43.6 Å². The first kappa shape index (κ1) is 14.3. The van der Waals surface area contributed by atoms with Crippen LogP contribution >= 0.6 is 0 Å². The second-order valence-corrected chi connectivity index (χ2v) is 5.89. The Labute approximate surface area is 105 Å². The number of aryl methyl sites for hydroxylation is 1. The van der Waals surface area contributed by atoms with Crippen molar-refractivity contribution >= 4 is 0 Å². The Balaban J connectivity index is 2.43. The molecule has 0 bridgehead atoms. The van der Waals surface area contributed by atoms with Gasteiger partial charge >= 0.3 is 0 Å². The minimum absolute atomic E-state index is 0.0979. The number of aliphatic hydroxyl groups is 1. The highest BCUT2D eigenvalue weighted by molar-refractivity contribution is 5.06. The molecule has 2 N–H and O–H groups in total. The molecule has 98 valence electrons. The third-order valence-electron chi connectivity index (χ3n) is 3.37. The van der Waals surface area contributed by atoms with Gasteiger partial charge in [-0.3, -0.25) is 0 Å². The summed E-state index contributed by atoms with van der Waals surface area (Å²) in [5.74, 6) is 0.293. The Morgan fingerprint density at radius 2 is 2.06 bits per heavy atom. The summed E-state index contributed by atoms with van der Waals surface area (Å²) in [4.78, 5) is 0. The monoisotopic (exact) mass is 238 g/mol. The minimum Gasteiger partial charge on any atom is -0.392 e. The van der Waals surface area contributed by atoms with E-state index in [1.807, 2.05) is 19.3 Å². The van der Waals surface area contributed by atoms with Crippen molar-refractivity contribution in [3.8, 4) is 0 Å². The van der Waals surface area contributed by atoms with Gasteiger partial charge in [0, 0.05) is 37.4 Å². The SMILES string of the molecule is CC(C)C(O)C(C)(C)CNCc1cccn1C. The molecule has 1 aromatic rings. The van der Waals surface area contributed by atoms with Crippen LogP contribution in [0.25, 0.3) is 0 Å². The van der Waals surface area contributed by atoms with Crippen LogP contribution in [0.15, 0.2) is 18.3 Å². The van der Waals surface area contributed by atoms with E-state index in [-0.39, 0.29) is 11.5 Å². The molecule has 1 atom stereocenters. The Kier molecular flexibility index (Phi) is 4.78. The predicted molar refractivity (Wildman–Crippen MR) is 71.7 cm³/mol. The first-order valence-corrected chi connectivity index (χ1v) is 6.33. The van der Waals surface area contributed by atoms with Gasteiger partial charge in [0.05, 0.1) is 6.10 Å². The fraction of sp³-hybridized carbons (Fsp3) is 0.714. The van der Waals surface area contributed by atoms with Gasteiger partial charge in [0.15, 0.2) is 0 Å². The number of hydrogen-bond donors (Lipinski definition) is 2. The van der Waals surface area contributed by atoms with E-state index >= 15 is 0 Å². The zero-order chi connectivity index (χ0) is 13.1. The van der Waals surface area contributed by atoms with E-state index in [0.29, 0.717) is 5.92 Å². The Bertz CT molecular complexity index is 342. The highest BCUT2D eigenvalue weighted by atomic mass is 16.3. The van der Waals surface area contributed by atoms with Crippen LogP contribution in [0.4, 0.5) is 0 Å². The molecule has 0 saturated carbocycles. The molecule has 0 saturated heterocycles. The maximum atomic E-state index is 10.1. The van der Waals surface area contributed by atoms with Crippen molar-refractivity contribution in [1.82, 2.24) is 9.88 Å². The number of aliphatic hydroxyl groups excluding tert-OH is 1. The molecule has 0 aliphatic rings. The molecular formula is C14H26N2O. The highest BCUT2D eigenvalue weighted by Crippen LogP contribution is 2.25. The van der Waals surface area contributed by atoms with E-state index < -0.39 is 0 Å². The van der Waals surface area contributed by atoms with Crippen LogP contribution < -0.4 is 5.32 Å². The van der Waals surface area contributed by atoms with Gasteiger partial charge in [0.25, 0.3) is 0 Å². The summed E-state index contributed by atoms with van der Waals surface area (Å²) < 4.78 is 2.11. The largest absolute Gasteiger partial charge is 0.392 e. The molecule has 3 heteroatoms. The Hall–Kier alpha value is -0.800. The molecule has 0 radical (unpaired) electrons. The van der Waals surface area contributed by atoms with E-state index in [0.717, 1.165) is 13.1 Å². The summed E-state index contributed by atoms with van der Waals surface area (Å²) in [6.45, 7) is 9.99. The van der Waals surface area contributed by atoms with Crippen molar-refractivity contribution < 1.29 is 5.11 Å². The maximum absolute atomic E-state index is 10.1.